The molecule has 0 fully saturated rings. The van der Waals surface area contributed by atoms with Gasteiger partial charge in [0.2, 0.25) is 15.3 Å². The molecule has 2 aromatic rings. The van der Waals surface area contributed by atoms with Crippen LogP contribution in [-0.2, 0) is 9.84 Å². The summed E-state index contributed by atoms with van der Waals surface area (Å²) in [6, 6.07) is 8.46. The number of benzene rings is 1. The van der Waals surface area contributed by atoms with Crippen molar-refractivity contribution >= 4 is 16.1 Å². The Balaban J connectivity index is 2.50. The van der Waals surface area contributed by atoms with Crippen LogP contribution >= 0.6 is 0 Å². The van der Waals surface area contributed by atoms with Crippen LogP contribution in [0.1, 0.15) is 21.4 Å². The van der Waals surface area contributed by atoms with Crippen molar-refractivity contribution in [3.05, 3.63) is 59.9 Å². The van der Waals surface area contributed by atoms with Gasteiger partial charge in [0, 0.05) is 23.5 Å². The number of pyridine rings is 1. The Hall–Kier alpha value is -2.08. The van der Waals surface area contributed by atoms with E-state index in [2.05, 4.69) is 4.98 Å². The summed E-state index contributed by atoms with van der Waals surface area (Å²) in [5.74, 6) is 0. The molecule has 2 rings (SSSR count). The number of hydrogen-bond acceptors (Lipinski definition) is 4. The summed E-state index contributed by atoms with van der Waals surface area (Å²) in [5.41, 5.74) is -2.57. The van der Waals surface area contributed by atoms with Gasteiger partial charge in [-0.05, 0) is 18.2 Å². The molecule has 1 aromatic heterocycles. The summed E-state index contributed by atoms with van der Waals surface area (Å²) in [5, 5.41) is 0. The van der Waals surface area contributed by atoms with Gasteiger partial charge in [-0.25, -0.2) is 12.8 Å². The number of halogens is 1. The molecule has 0 saturated heterocycles. The van der Waals surface area contributed by atoms with Crippen molar-refractivity contribution in [3.63, 3.8) is 0 Å². The Morgan fingerprint density at radius 1 is 1.16 bits per heavy atom. The van der Waals surface area contributed by atoms with E-state index >= 15 is 0 Å². The molecule has 4 nitrogen and oxygen atoms in total. The van der Waals surface area contributed by atoms with E-state index in [9.17, 15) is 17.6 Å². The van der Waals surface area contributed by atoms with Gasteiger partial charge in [0.15, 0.2) is 6.29 Å². The van der Waals surface area contributed by atoms with Gasteiger partial charge in [0.25, 0.3) is 0 Å². The summed E-state index contributed by atoms with van der Waals surface area (Å²) in [7, 11) is -4.18. The van der Waals surface area contributed by atoms with Gasteiger partial charge in [-0.1, -0.05) is 18.2 Å². The van der Waals surface area contributed by atoms with Crippen molar-refractivity contribution in [1.82, 2.24) is 4.98 Å². The van der Waals surface area contributed by atoms with Crippen molar-refractivity contribution in [1.29, 1.82) is 0 Å². The second-order valence-corrected chi connectivity index (χ2v) is 5.77. The molecule has 6 heteroatoms. The van der Waals surface area contributed by atoms with Gasteiger partial charge in [-0.15, -0.1) is 0 Å². The number of alkyl halides is 1. The molecule has 0 saturated carbocycles. The Morgan fingerprint density at radius 2 is 1.84 bits per heavy atom. The number of rotatable bonds is 4. The highest BCUT2D eigenvalue weighted by Gasteiger charge is 2.30. The van der Waals surface area contributed by atoms with Crippen LogP contribution in [0.25, 0.3) is 0 Å². The largest absolute Gasteiger partial charge is 0.298 e. The van der Waals surface area contributed by atoms with Crippen molar-refractivity contribution in [2.75, 3.05) is 0 Å². The first-order valence-corrected chi connectivity index (χ1v) is 6.94. The Bertz CT molecular complexity index is 686. The second kappa shape index (κ2) is 5.27. The normalized spacial score (nSPS) is 12.9. The first-order chi connectivity index (χ1) is 9.07. The SMILES string of the molecule is O=Cc1cnccc1C(F)S(=O)(=O)c1ccccc1. The van der Waals surface area contributed by atoms with Crippen molar-refractivity contribution in [2.45, 2.75) is 10.4 Å². The zero-order valence-electron chi connectivity index (χ0n) is 9.73. The molecule has 19 heavy (non-hydrogen) atoms. The predicted molar refractivity (Wildman–Crippen MR) is 67.1 cm³/mol. The van der Waals surface area contributed by atoms with Crippen LogP contribution in [0, 0.1) is 0 Å². The van der Waals surface area contributed by atoms with Crippen molar-refractivity contribution in [2.24, 2.45) is 0 Å². The molecule has 0 aliphatic rings. The summed E-state index contributed by atoms with van der Waals surface area (Å²) in [6.45, 7) is 0. The van der Waals surface area contributed by atoms with E-state index in [0.29, 0.717) is 6.29 Å². The van der Waals surface area contributed by atoms with Gasteiger partial charge >= 0.3 is 0 Å². The molecule has 0 aliphatic heterocycles. The van der Waals surface area contributed by atoms with Gasteiger partial charge in [0.1, 0.15) is 0 Å². The minimum absolute atomic E-state index is 0.0745. The van der Waals surface area contributed by atoms with Gasteiger partial charge in [-0.2, -0.15) is 0 Å². The zero-order valence-corrected chi connectivity index (χ0v) is 10.5. The third kappa shape index (κ3) is 2.53. The highest BCUT2D eigenvalue weighted by Crippen LogP contribution is 2.31. The maximum atomic E-state index is 14.3. The van der Waals surface area contributed by atoms with Gasteiger partial charge in [-0.3, -0.25) is 9.78 Å². The maximum Gasteiger partial charge on any atom is 0.231 e. The lowest BCUT2D eigenvalue weighted by atomic mass is 10.2. The fourth-order valence-corrected chi connectivity index (χ4v) is 2.94. The summed E-state index contributed by atoms with van der Waals surface area (Å²) in [6.07, 6.45) is 2.76. The fraction of sp³-hybridized carbons (Fsp3) is 0.0769. The predicted octanol–water partition coefficient (Wildman–Crippen LogP) is 2.34. The summed E-state index contributed by atoms with van der Waals surface area (Å²) >= 11 is 0. The van der Waals surface area contributed by atoms with Gasteiger partial charge in [0.05, 0.1) is 4.90 Å². The monoisotopic (exact) mass is 279 g/mol. The molecule has 0 bridgehead atoms. The number of sulfone groups is 1. The molecule has 1 unspecified atom stereocenters. The highest BCUT2D eigenvalue weighted by atomic mass is 32.2. The van der Waals surface area contributed by atoms with Crippen molar-refractivity contribution in [3.8, 4) is 0 Å². The average Bonchev–Trinajstić information content (AvgIpc) is 2.47. The zero-order chi connectivity index (χ0) is 13.9. The van der Waals surface area contributed by atoms with Crippen LogP contribution in [0.4, 0.5) is 4.39 Å². The number of carbonyl (C=O) groups excluding carboxylic acids is 1. The quantitative estimate of drug-likeness (QED) is 0.806. The molecule has 0 aliphatic carbocycles. The smallest absolute Gasteiger partial charge is 0.231 e. The third-order valence-electron chi connectivity index (χ3n) is 2.60. The van der Waals surface area contributed by atoms with E-state index in [1.165, 1.54) is 36.5 Å². The minimum Gasteiger partial charge on any atom is -0.298 e. The molecular formula is C13H10FNO3S. The van der Waals surface area contributed by atoms with E-state index in [4.69, 9.17) is 0 Å². The standard InChI is InChI=1S/C13H10FNO3S/c14-13(12-6-7-15-8-10(12)9-16)19(17,18)11-4-2-1-3-5-11/h1-9,13H. The maximum absolute atomic E-state index is 14.3. The van der Waals surface area contributed by atoms with Gasteiger partial charge < -0.3 is 0 Å². The number of aromatic nitrogens is 1. The highest BCUT2D eigenvalue weighted by molar-refractivity contribution is 7.91. The summed E-state index contributed by atoms with van der Waals surface area (Å²) < 4.78 is 38.5. The third-order valence-corrected chi connectivity index (χ3v) is 4.33. The number of nitrogens with zero attached hydrogens (tertiary/aromatic N) is 1. The molecule has 98 valence electrons. The van der Waals surface area contributed by atoms with E-state index in [-0.39, 0.29) is 16.0 Å². The minimum atomic E-state index is -4.18. The summed E-state index contributed by atoms with van der Waals surface area (Å²) in [4.78, 5) is 14.3. The topological polar surface area (TPSA) is 64.1 Å². The van der Waals surface area contributed by atoms with Crippen molar-refractivity contribution < 1.29 is 17.6 Å². The lowest BCUT2D eigenvalue weighted by Crippen LogP contribution is -2.11. The second-order valence-electron chi connectivity index (χ2n) is 3.80. The Kier molecular flexibility index (Phi) is 3.71. The van der Waals surface area contributed by atoms with Crippen LogP contribution in [-0.4, -0.2) is 19.7 Å². The molecule has 1 aromatic carbocycles. The molecule has 0 N–H and O–H groups in total. The molecule has 1 atom stereocenters. The van der Waals surface area contributed by atoms with Crippen LogP contribution in [0.5, 0.6) is 0 Å². The first kappa shape index (κ1) is 13.4. The van der Waals surface area contributed by atoms with E-state index in [0.717, 1.165) is 6.20 Å². The molecule has 0 radical (unpaired) electrons. The molecule has 0 amide bonds. The lowest BCUT2D eigenvalue weighted by Gasteiger charge is -2.11. The van der Waals surface area contributed by atoms with Crippen LogP contribution in [0.15, 0.2) is 53.7 Å². The number of aldehydes is 1. The molecular weight excluding hydrogens is 269 g/mol. The Labute approximate surface area is 109 Å². The molecule has 1 heterocycles. The van der Waals surface area contributed by atoms with Crippen LogP contribution in [0.3, 0.4) is 0 Å². The van der Waals surface area contributed by atoms with E-state index in [1.807, 2.05) is 0 Å². The van der Waals surface area contributed by atoms with E-state index in [1.54, 1.807) is 6.07 Å². The average molecular weight is 279 g/mol. The fourth-order valence-electron chi connectivity index (χ4n) is 1.62. The van der Waals surface area contributed by atoms with E-state index < -0.39 is 15.3 Å². The number of carbonyl (C=O) groups is 1. The Morgan fingerprint density at radius 3 is 2.47 bits per heavy atom. The number of hydrogen-bond donors (Lipinski definition) is 0. The first-order valence-electron chi connectivity index (χ1n) is 5.39. The van der Waals surface area contributed by atoms with Crippen LogP contribution in [0.2, 0.25) is 0 Å². The lowest BCUT2D eigenvalue weighted by molar-refractivity contribution is 0.112. The molecule has 0 spiro atoms. The van der Waals surface area contributed by atoms with Crippen LogP contribution < -0.4 is 0 Å².